The van der Waals surface area contributed by atoms with E-state index in [1.54, 1.807) is 0 Å². The minimum atomic E-state index is -0.148. The van der Waals surface area contributed by atoms with E-state index in [0.29, 0.717) is 0 Å². The largest absolute Gasteiger partial charge is 0.319 e. The highest BCUT2D eigenvalue weighted by atomic mass is 79.9. The van der Waals surface area contributed by atoms with Gasteiger partial charge in [0.1, 0.15) is 0 Å². The lowest BCUT2D eigenvalue weighted by Gasteiger charge is -2.08. The van der Waals surface area contributed by atoms with Gasteiger partial charge in [0.25, 0.3) is 0 Å². The van der Waals surface area contributed by atoms with Gasteiger partial charge in [0.15, 0.2) is 5.51 Å². The summed E-state index contributed by atoms with van der Waals surface area (Å²) in [5.41, 5.74) is 10.7. The van der Waals surface area contributed by atoms with Crippen molar-refractivity contribution in [3.8, 4) is 0 Å². The first-order valence-corrected chi connectivity index (χ1v) is 5.77. The van der Waals surface area contributed by atoms with E-state index in [0.717, 1.165) is 15.7 Å². The van der Waals surface area contributed by atoms with Crippen LogP contribution in [0.15, 0.2) is 34.1 Å². The number of rotatable bonds is 2. The van der Waals surface area contributed by atoms with Gasteiger partial charge in [-0.3, -0.25) is 0 Å². The monoisotopic (exact) mass is 267 g/mol. The molecule has 71 valence electrons. The number of hydrogen-bond acceptors (Lipinski definition) is 3. The second-order valence-corrected chi connectivity index (χ2v) is 4.46. The number of aromatic nitrogens is 1. The Labute approximate surface area is 94.9 Å². The highest BCUT2D eigenvalue weighted by Gasteiger charge is 2.09. The van der Waals surface area contributed by atoms with Gasteiger partial charge in [0, 0.05) is 9.85 Å². The molecule has 2 N–H and O–H groups in total. The molecule has 4 heteroatoms. The van der Waals surface area contributed by atoms with Crippen LogP contribution in [0, 0.1) is 5.51 Å². The third-order valence-electron chi connectivity index (χ3n) is 1.95. The molecular weight excluding hydrogens is 260 g/mol. The first-order valence-electron chi connectivity index (χ1n) is 4.10. The van der Waals surface area contributed by atoms with Crippen LogP contribution in [0.1, 0.15) is 17.3 Å². The van der Waals surface area contributed by atoms with E-state index in [9.17, 15) is 0 Å². The summed E-state index contributed by atoms with van der Waals surface area (Å²) >= 11 is 4.82. The lowest BCUT2D eigenvalue weighted by Crippen LogP contribution is -2.11. The maximum Gasteiger partial charge on any atom is 0.152 e. The summed E-state index contributed by atoms with van der Waals surface area (Å²) in [7, 11) is 0. The van der Waals surface area contributed by atoms with Crippen molar-refractivity contribution in [2.75, 3.05) is 0 Å². The van der Waals surface area contributed by atoms with Crippen LogP contribution in [0.5, 0.6) is 0 Å². The molecule has 2 nitrogen and oxygen atoms in total. The molecule has 0 fully saturated rings. The van der Waals surface area contributed by atoms with E-state index in [-0.39, 0.29) is 6.04 Å². The van der Waals surface area contributed by atoms with Gasteiger partial charge in [-0.2, -0.15) is 0 Å². The van der Waals surface area contributed by atoms with Crippen molar-refractivity contribution in [3.63, 3.8) is 0 Å². The quantitative estimate of drug-likeness (QED) is 0.909. The van der Waals surface area contributed by atoms with E-state index in [1.807, 2.05) is 29.6 Å². The molecule has 1 aromatic heterocycles. The Balaban J connectivity index is 2.28. The highest BCUT2D eigenvalue weighted by molar-refractivity contribution is 9.10. The molecule has 0 saturated heterocycles. The number of benzene rings is 1. The molecule has 0 spiro atoms. The van der Waals surface area contributed by atoms with E-state index in [1.165, 1.54) is 11.3 Å². The summed E-state index contributed by atoms with van der Waals surface area (Å²) < 4.78 is 1.05. The van der Waals surface area contributed by atoms with Crippen molar-refractivity contribution >= 4 is 27.3 Å². The predicted octanol–water partition coefficient (Wildman–Crippen LogP) is 2.75. The van der Waals surface area contributed by atoms with Gasteiger partial charge in [-0.1, -0.05) is 28.1 Å². The van der Waals surface area contributed by atoms with Crippen LogP contribution in [0.25, 0.3) is 0 Å². The number of nitrogens with two attached hydrogens (primary N) is 1. The van der Waals surface area contributed by atoms with E-state index in [4.69, 9.17) is 5.73 Å². The van der Waals surface area contributed by atoms with Gasteiger partial charge < -0.3 is 5.73 Å². The second-order valence-electron chi connectivity index (χ2n) is 2.89. The van der Waals surface area contributed by atoms with Crippen molar-refractivity contribution in [1.82, 2.24) is 4.98 Å². The van der Waals surface area contributed by atoms with E-state index < -0.39 is 0 Å². The number of halogens is 1. The lowest BCUT2D eigenvalue weighted by molar-refractivity contribution is 0.838. The van der Waals surface area contributed by atoms with E-state index >= 15 is 0 Å². The van der Waals surface area contributed by atoms with Gasteiger partial charge in [0.05, 0.1) is 11.7 Å². The molecular formula is C10H8BrN2S. The standard InChI is InChI=1S/C10H8BrN2S/c11-8-3-1-7(2-4-8)10(12)9-5-14-6-13-9/h1-5,10H,12H2. The zero-order valence-corrected chi connectivity index (χ0v) is 9.68. The maximum absolute atomic E-state index is 6.02. The zero-order valence-electron chi connectivity index (χ0n) is 7.27. The Morgan fingerprint density at radius 2 is 2.07 bits per heavy atom. The maximum atomic E-state index is 6.02. The molecule has 0 aliphatic carbocycles. The summed E-state index contributed by atoms with van der Waals surface area (Å²) in [5.74, 6) is 0. The Kier molecular flexibility index (Phi) is 2.96. The van der Waals surface area contributed by atoms with Gasteiger partial charge >= 0.3 is 0 Å². The van der Waals surface area contributed by atoms with Crippen molar-refractivity contribution in [2.24, 2.45) is 5.73 Å². The minimum absolute atomic E-state index is 0.148. The summed E-state index contributed by atoms with van der Waals surface area (Å²) in [6, 6.07) is 7.80. The van der Waals surface area contributed by atoms with Gasteiger partial charge in [-0.25, -0.2) is 4.98 Å². The molecule has 1 atom stereocenters. The molecule has 2 rings (SSSR count). The Morgan fingerprint density at radius 3 is 2.64 bits per heavy atom. The topological polar surface area (TPSA) is 38.9 Å². The van der Waals surface area contributed by atoms with Crippen LogP contribution in [-0.2, 0) is 0 Å². The summed E-state index contributed by atoms with van der Waals surface area (Å²) in [6.07, 6.45) is 0. The van der Waals surface area contributed by atoms with Crippen molar-refractivity contribution in [2.45, 2.75) is 6.04 Å². The fraction of sp³-hybridized carbons (Fsp3) is 0.100. The van der Waals surface area contributed by atoms with Crippen LogP contribution < -0.4 is 5.73 Å². The average Bonchev–Trinajstić information content (AvgIpc) is 2.71. The average molecular weight is 268 g/mol. The predicted molar refractivity (Wildman–Crippen MR) is 61.1 cm³/mol. The fourth-order valence-corrected chi connectivity index (χ4v) is 1.97. The molecule has 1 heterocycles. The fourth-order valence-electron chi connectivity index (χ4n) is 1.18. The normalized spacial score (nSPS) is 12.7. The Bertz CT molecular complexity index is 397. The van der Waals surface area contributed by atoms with Crippen molar-refractivity contribution in [1.29, 1.82) is 0 Å². The summed E-state index contributed by atoms with van der Waals surface area (Å²) in [4.78, 5) is 4.07. The van der Waals surface area contributed by atoms with Crippen LogP contribution in [-0.4, -0.2) is 4.98 Å². The third kappa shape index (κ3) is 2.03. The molecule has 0 bridgehead atoms. The second kappa shape index (κ2) is 4.21. The summed E-state index contributed by atoms with van der Waals surface area (Å²) in [6.45, 7) is 0. The first kappa shape index (κ1) is 9.83. The highest BCUT2D eigenvalue weighted by Crippen LogP contribution is 2.20. The van der Waals surface area contributed by atoms with Crippen molar-refractivity contribution < 1.29 is 0 Å². The summed E-state index contributed by atoms with van der Waals surface area (Å²) in [5, 5.41) is 1.92. The Morgan fingerprint density at radius 1 is 1.36 bits per heavy atom. The first-order chi connectivity index (χ1) is 6.77. The van der Waals surface area contributed by atoms with Crippen LogP contribution in [0.2, 0.25) is 0 Å². The molecule has 0 saturated carbocycles. The molecule has 2 aromatic rings. The van der Waals surface area contributed by atoms with Gasteiger partial charge in [0.2, 0.25) is 0 Å². The third-order valence-corrected chi connectivity index (χ3v) is 3.04. The van der Waals surface area contributed by atoms with Crippen molar-refractivity contribution in [3.05, 3.63) is 50.9 Å². The molecule has 1 radical (unpaired) electrons. The van der Waals surface area contributed by atoms with Crippen LogP contribution in [0.4, 0.5) is 0 Å². The SMILES string of the molecule is NC(c1ccc(Br)cc1)c1cs[c]n1. The number of thiazole rings is 1. The molecule has 14 heavy (non-hydrogen) atoms. The van der Waals surface area contributed by atoms with E-state index in [2.05, 4.69) is 26.4 Å². The Hall–Kier alpha value is -0.710. The van der Waals surface area contributed by atoms with Gasteiger partial charge in [-0.15, -0.1) is 11.3 Å². The molecule has 0 aliphatic rings. The smallest absolute Gasteiger partial charge is 0.152 e. The molecule has 0 amide bonds. The number of nitrogens with zero attached hydrogens (tertiary/aromatic N) is 1. The van der Waals surface area contributed by atoms with Crippen LogP contribution in [0.3, 0.4) is 0 Å². The zero-order chi connectivity index (χ0) is 9.97. The number of hydrogen-bond donors (Lipinski definition) is 1. The molecule has 1 aromatic carbocycles. The van der Waals surface area contributed by atoms with Crippen LogP contribution >= 0.6 is 27.3 Å². The van der Waals surface area contributed by atoms with Gasteiger partial charge in [-0.05, 0) is 17.7 Å². The molecule has 1 unspecified atom stereocenters. The lowest BCUT2D eigenvalue weighted by atomic mass is 10.1. The molecule has 0 aliphatic heterocycles. The minimum Gasteiger partial charge on any atom is -0.319 e.